The molecule has 2 aromatic carbocycles. The van der Waals surface area contributed by atoms with E-state index in [0.717, 1.165) is 22.4 Å². The molecule has 0 fully saturated rings. The molecule has 2 rings (SSSR count). The standard InChI is InChI=1S/C18H21NO2/c1-2-14-3-5-16(6-4-14)13-21-18-9-7-15(8-10-18)11-17(19)12-20/h2-10,17,20H,1,11-13,19H2. The second-order valence-electron chi connectivity index (χ2n) is 5.03. The third-order valence-electron chi connectivity index (χ3n) is 3.28. The topological polar surface area (TPSA) is 55.5 Å². The lowest BCUT2D eigenvalue weighted by atomic mass is 10.1. The van der Waals surface area contributed by atoms with Crippen LogP contribution in [0.25, 0.3) is 6.08 Å². The summed E-state index contributed by atoms with van der Waals surface area (Å²) >= 11 is 0. The van der Waals surface area contributed by atoms with E-state index in [-0.39, 0.29) is 12.6 Å². The maximum atomic E-state index is 8.94. The minimum absolute atomic E-state index is 0.00104. The highest BCUT2D eigenvalue weighted by atomic mass is 16.5. The van der Waals surface area contributed by atoms with Crippen LogP contribution < -0.4 is 10.5 Å². The van der Waals surface area contributed by atoms with Gasteiger partial charge in [-0.3, -0.25) is 0 Å². The smallest absolute Gasteiger partial charge is 0.119 e. The van der Waals surface area contributed by atoms with Crippen LogP contribution in [0.5, 0.6) is 5.75 Å². The van der Waals surface area contributed by atoms with Crippen LogP contribution in [0.2, 0.25) is 0 Å². The zero-order valence-electron chi connectivity index (χ0n) is 12.0. The summed E-state index contributed by atoms with van der Waals surface area (Å²) in [6, 6.07) is 15.7. The van der Waals surface area contributed by atoms with Gasteiger partial charge >= 0.3 is 0 Å². The van der Waals surface area contributed by atoms with Gasteiger partial charge in [0.1, 0.15) is 12.4 Å². The van der Waals surface area contributed by atoms with Gasteiger partial charge in [-0.05, 0) is 35.2 Å². The molecule has 21 heavy (non-hydrogen) atoms. The Morgan fingerprint density at radius 3 is 2.24 bits per heavy atom. The molecular formula is C18H21NO2. The van der Waals surface area contributed by atoms with Gasteiger partial charge in [-0.2, -0.15) is 0 Å². The monoisotopic (exact) mass is 283 g/mol. The number of hydrogen-bond donors (Lipinski definition) is 2. The van der Waals surface area contributed by atoms with Crippen LogP contribution >= 0.6 is 0 Å². The molecule has 0 aliphatic rings. The molecule has 0 saturated heterocycles. The molecule has 0 heterocycles. The lowest BCUT2D eigenvalue weighted by Gasteiger charge is -2.10. The van der Waals surface area contributed by atoms with Crippen LogP contribution in [-0.4, -0.2) is 17.8 Å². The van der Waals surface area contributed by atoms with Gasteiger partial charge in [0.15, 0.2) is 0 Å². The van der Waals surface area contributed by atoms with Crippen LogP contribution in [0.4, 0.5) is 0 Å². The molecule has 0 aliphatic carbocycles. The number of hydrogen-bond acceptors (Lipinski definition) is 3. The Hall–Kier alpha value is -2.10. The molecule has 1 atom stereocenters. The Kier molecular flexibility index (Phi) is 5.55. The van der Waals surface area contributed by atoms with Crippen LogP contribution in [0.3, 0.4) is 0 Å². The quantitative estimate of drug-likeness (QED) is 0.821. The molecule has 0 bridgehead atoms. The van der Waals surface area contributed by atoms with Crippen LogP contribution in [-0.2, 0) is 13.0 Å². The van der Waals surface area contributed by atoms with Crippen molar-refractivity contribution in [1.82, 2.24) is 0 Å². The van der Waals surface area contributed by atoms with E-state index in [2.05, 4.69) is 6.58 Å². The van der Waals surface area contributed by atoms with Crippen molar-refractivity contribution in [2.75, 3.05) is 6.61 Å². The van der Waals surface area contributed by atoms with Crippen molar-refractivity contribution in [1.29, 1.82) is 0 Å². The third kappa shape index (κ3) is 4.74. The molecule has 0 amide bonds. The minimum Gasteiger partial charge on any atom is -0.489 e. The predicted octanol–water partition coefficient (Wildman–Crippen LogP) is 2.77. The van der Waals surface area contributed by atoms with Crippen molar-refractivity contribution < 1.29 is 9.84 Å². The molecule has 0 saturated carbocycles. The van der Waals surface area contributed by atoms with Gasteiger partial charge in [0.05, 0.1) is 6.61 Å². The van der Waals surface area contributed by atoms with Gasteiger partial charge in [0.2, 0.25) is 0 Å². The summed E-state index contributed by atoms with van der Waals surface area (Å²) in [4.78, 5) is 0. The van der Waals surface area contributed by atoms with Gasteiger partial charge < -0.3 is 15.6 Å². The first-order valence-electron chi connectivity index (χ1n) is 7.01. The zero-order valence-corrected chi connectivity index (χ0v) is 12.0. The number of rotatable bonds is 7. The summed E-state index contributed by atoms with van der Waals surface area (Å²) in [6.45, 7) is 4.27. The van der Waals surface area contributed by atoms with E-state index in [4.69, 9.17) is 15.6 Å². The fourth-order valence-electron chi connectivity index (χ4n) is 2.01. The maximum Gasteiger partial charge on any atom is 0.119 e. The largest absolute Gasteiger partial charge is 0.489 e. The maximum absolute atomic E-state index is 8.94. The van der Waals surface area contributed by atoms with Gasteiger partial charge in [-0.15, -0.1) is 0 Å². The Bertz CT molecular complexity index is 561. The van der Waals surface area contributed by atoms with Crippen molar-refractivity contribution in [2.24, 2.45) is 5.73 Å². The molecule has 3 nitrogen and oxygen atoms in total. The summed E-state index contributed by atoms with van der Waals surface area (Å²) in [5, 5.41) is 8.94. The van der Waals surface area contributed by atoms with Crippen LogP contribution in [0.1, 0.15) is 16.7 Å². The third-order valence-corrected chi connectivity index (χ3v) is 3.28. The molecular weight excluding hydrogens is 262 g/mol. The lowest BCUT2D eigenvalue weighted by molar-refractivity contribution is 0.265. The first-order chi connectivity index (χ1) is 10.2. The Balaban J connectivity index is 1.89. The lowest BCUT2D eigenvalue weighted by Crippen LogP contribution is -2.26. The molecule has 2 aromatic rings. The van der Waals surface area contributed by atoms with Crippen molar-refractivity contribution in [3.05, 3.63) is 71.8 Å². The number of ether oxygens (including phenoxy) is 1. The van der Waals surface area contributed by atoms with Crippen molar-refractivity contribution in [2.45, 2.75) is 19.1 Å². The number of nitrogens with two attached hydrogens (primary N) is 1. The molecule has 0 aromatic heterocycles. The second-order valence-corrected chi connectivity index (χ2v) is 5.03. The number of benzene rings is 2. The highest BCUT2D eigenvalue weighted by Crippen LogP contribution is 2.15. The summed E-state index contributed by atoms with van der Waals surface area (Å²) < 4.78 is 5.75. The Labute approximate surface area is 125 Å². The predicted molar refractivity (Wildman–Crippen MR) is 86.1 cm³/mol. The fourth-order valence-corrected chi connectivity index (χ4v) is 2.01. The van der Waals surface area contributed by atoms with Crippen molar-refractivity contribution in [3.63, 3.8) is 0 Å². The molecule has 3 N–H and O–H groups in total. The Morgan fingerprint density at radius 1 is 1.05 bits per heavy atom. The SMILES string of the molecule is C=Cc1ccc(COc2ccc(CC(N)CO)cc2)cc1. The first kappa shape index (κ1) is 15.3. The zero-order chi connectivity index (χ0) is 15.1. The molecule has 110 valence electrons. The van der Waals surface area contributed by atoms with E-state index in [9.17, 15) is 0 Å². The van der Waals surface area contributed by atoms with Crippen molar-refractivity contribution in [3.8, 4) is 5.75 Å². The summed E-state index contributed by atoms with van der Waals surface area (Å²) in [7, 11) is 0. The van der Waals surface area contributed by atoms with E-state index in [1.54, 1.807) is 0 Å². The van der Waals surface area contributed by atoms with E-state index >= 15 is 0 Å². The summed E-state index contributed by atoms with van der Waals surface area (Å²) in [5.41, 5.74) is 9.03. The van der Waals surface area contributed by atoms with Crippen LogP contribution in [0, 0.1) is 0 Å². The van der Waals surface area contributed by atoms with E-state index in [0.29, 0.717) is 13.0 Å². The highest BCUT2D eigenvalue weighted by molar-refractivity contribution is 5.47. The number of aliphatic hydroxyl groups excluding tert-OH is 1. The van der Waals surface area contributed by atoms with Crippen LogP contribution in [0.15, 0.2) is 55.1 Å². The molecule has 0 aliphatic heterocycles. The average molecular weight is 283 g/mol. The van der Waals surface area contributed by atoms with Gasteiger partial charge in [0, 0.05) is 6.04 Å². The Morgan fingerprint density at radius 2 is 1.67 bits per heavy atom. The van der Waals surface area contributed by atoms with E-state index in [1.807, 2.05) is 54.6 Å². The molecule has 0 radical (unpaired) electrons. The summed E-state index contributed by atoms with van der Waals surface area (Å²) in [5.74, 6) is 0.823. The van der Waals surface area contributed by atoms with Gasteiger partial charge in [-0.1, -0.05) is 49.1 Å². The highest BCUT2D eigenvalue weighted by Gasteiger charge is 2.03. The molecule has 1 unspecified atom stereocenters. The second kappa shape index (κ2) is 7.62. The van der Waals surface area contributed by atoms with Crippen molar-refractivity contribution >= 4 is 6.08 Å². The fraction of sp³-hybridized carbons (Fsp3) is 0.222. The van der Waals surface area contributed by atoms with Gasteiger partial charge in [0.25, 0.3) is 0 Å². The molecule has 3 heteroatoms. The number of aliphatic hydroxyl groups is 1. The van der Waals surface area contributed by atoms with E-state index < -0.39 is 0 Å². The average Bonchev–Trinajstić information content (AvgIpc) is 2.54. The van der Waals surface area contributed by atoms with E-state index in [1.165, 1.54) is 0 Å². The summed E-state index contributed by atoms with van der Waals surface area (Å²) in [6.07, 6.45) is 2.49. The van der Waals surface area contributed by atoms with Gasteiger partial charge in [-0.25, -0.2) is 0 Å². The minimum atomic E-state index is -0.208. The molecule has 0 spiro atoms. The first-order valence-corrected chi connectivity index (χ1v) is 7.01. The normalized spacial score (nSPS) is 11.9.